The van der Waals surface area contributed by atoms with Gasteiger partial charge in [0, 0.05) is 35.7 Å². The normalized spacial score (nSPS) is 13.7. The SMILES string of the molecule is Cc1ccc(-n2c(SCc3ccc(C(=O)N4CCOCC4)cc3)nnc2-c2ccccc2Cl)cc1. The van der Waals surface area contributed by atoms with Gasteiger partial charge in [0.25, 0.3) is 5.91 Å². The molecule has 0 atom stereocenters. The minimum Gasteiger partial charge on any atom is -0.378 e. The van der Waals surface area contributed by atoms with Gasteiger partial charge in [-0.2, -0.15) is 0 Å². The van der Waals surface area contributed by atoms with E-state index in [4.69, 9.17) is 16.3 Å². The molecular weight excluding hydrogens is 480 g/mol. The molecule has 0 aliphatic carbocycles. The molecule has 0 unspecified atom stereocenters. The van der Waals surface area contributed by atoms with Crippen LogP contribution in [0.15, 0.2) is 78.0 Å². The van der Waals surface area contributed by atoms with Gasteiger partial charge in [-0.3, -0.25) is 9.36 Å². The second-order valence-electron chi connectivity index (χ2n) is 8.35. The molecule has 1 fully saturated rings. The molecular formula is C27H25ClN4O2S. The Bertz CT molecular complexity index is 1320. The Kier molecular flexibility index (Phi) is 7.18. The van der Waals surface area contributed by atoms with E-state index in [9.17, 15) is 4.79 Å². The summed E-state index contributed by atoms with van der Waals surface area (Å²) in [5.41, 5.74) is 4.79. The van der Waals surface area contributed by atoms with Crippen LogP contribution in [0.5, 0.6) is 0 Å². The molecule has 1 amide bonds. The first kappa shape index (κ1) is 23.6. The molecule has 6 nitrogen and oxygen atoms in total. The minimum absolute atomic E-state index is 0.0519. The van der Waals surface area contributed by atoms with E-state index in [-0.39, 0.29) is 5.91 Å². The Morgan fingerprint density at radius 3 is 2.40 bits per heavy atom. The Balaban J connectivity index is 1.38. The zero-order chi connectivity index (χ0) is 24.2. The predicted octanol–water partition coefficient (Wildman–Crippen LogP) is 5.66. The average Bonchev–Trinajstić information content (AvgIpc) is 3.32. The highest BCUT2D eigenvalue weighted by atomic mass is 35.5. The highest BCUT2D eigenvalue weighted by Gasteiger charge is 2.20. The topological polar surface area (TPSA) is 60.2 Å². The third kappa shape index (κ3) is 5.27. The molecule has 0 bridgehead atoms. The van der Waals surface area contributed by atoms with E-state index in [1.807, 2.05) is 58.0 Å². The van der Waals surface area contributed by atoms with Crippen molar-refractivity contribution in [1.29, 1.82) is 0 Å². The van der Waals surface area contributed by atoms with E-state index in [2.05, 4.69) is 41.4 Å². The molecule has 0 spiro atoms. The molecule has 178 valence electrons. The van der Waals surface area contributed by atoms with Gasteiger partial charge in [0.05, 0.1) is 18.2 Å². The van der Waals surface area contributed by atoms with E-state index in [0.29, 0.717) is 48.5 Å². The van der Waals surface area contributed by atoms with Crippen molar-refractivity contribution in [2.24, 2.45) is 0 Å². The summed E-state index contributed by atoms with van der Waals surface area (Å²) in [6, 6.07) is 23.7. The summed E-state index contributed by atoms with van der Waals surface area (Å²) in [4.78, 5) is 14.6. The van der Waals surface area contributed by atoms with Crippen LogP contribution in [0, 0.1) is 6.92 Å². The molecule has 2 heterocycles. The van der Waals surface area contributed by atoms with Gasteiger partial charge in [-0.05, 0) is 48.9 Å². The van der Waals surface area contributed by atoms with Crippen molar-refractivity contribution >= 4 is 29.3 Å². The van der Waals surface area contributed by atoms with Crippen molar-refractivity contribution in [3.8, 4) is 17.1 Å². The number of hydrogen-bond donors (Lipinski definition) is 0. The van der Waals surface area contributed by atoms with Crippen LogP contribution in [0.3, 0.4) is 0 Å². The number of rotatable bonds is 6. The summed E-state index contributed by atoms with van der Waals surface area (Å²) >= 11 is 8.09. The van der Waals surface area contributed by atoms with Crippen molar-refractivity contribution in [3.63, 3.8) is 0 Å². The fraction of sp³-hybridized carbons (Fsp3) is 0.222. The highest BCUT2D eigenvalue weighted by Crippen LogP contribution is 2.33. The van der Waals surface area contributed by atoms with E-state index < -0.39 is 0 Å². The summed E-state index contributed by atoms with van der Waals surface area (Å²) in [6.45, 7) is 4.53. The third-order valence-corrected chi connectivity index (χ3v) is 7.24. The lowest BCUT2D eigenvalue weighted by Gasteiger charge is -2.26. The fourth-order valence-corrected chi connectivity index (χ4v) is 5.08. The first-order valence-corrected chi connectivity index (χ1v) is 12.8. The number of halogens is 1. The standard InChI is InChI=1S/C27H25ClN4O2S/c1-19-6-12-22(13-7-19)32-25(23-4-2-3-5-24(23)28)29-30-27(32)35-18-20-8-10-21(11-9-20)26(33)31-14-16-34-17-15-31/h2-13H,14-18H2,1H3. The van der Waals surface area contributed by atoms with E-state index in [1.54, 1.807) is 11.8 Å². The predicted molar refractivity (Wildman–Crippen MR) is 139 cm³/mol. The van der Waals surface area contributed by atoms with Gasteiger partial charge in [-0.15, -0.1) is 10.2 Å². The maximum absolute atomic E-state index is 12.7. The van der Waals surface area contributed by atoms with E-state index >= 15 is 0 Å². The second-order valence-corrected chi connectivity index (χ2v) is 9.70. The maximum Gasteiger partial charge on any atom is 0.254 e. The van der Waals surface area contributed by atoms with Crippen LogP contribution in [0.4, 0.5) is 0 Å². The number of thioether (sulfide) groups is 1. The lowest BCUT2D eigenvalue weighted by Crippen LogP contribution is -2.40. The van der Waals surface area contributed by atoms with Crippen LogP contribution in [0.1, 0.15) is 21.5 Å². The quantitative estimate of drug-likeness (QED) is 0.317. The first-order chi connectivity index (χ1) is 17.1. The van der Waals surface area contributed by atoms with Gasteiger partial charge >= 0.3 is 0 Å². The number of carbonyl (C=O) groups excluding carboxylic acids is 1. The summed E-state index contributed by atoms with van der Waals surface area (Å²) in [6.07, 6.45) is 0. The molecule has 1 aliphatic heterocycles. The van der Waals surface area contributed by atoms with Crippen LogP contribution in [-0.2, 0) is 10.5 Å². The molecule has 5 rings (SSSR count). The van der Waals surface area contributed by atoms with Gasteiger partial charge in [-0.25, -0.2) is 0 Å². The summed E-state index contributed by atoms with van der Waals surface area (Å²) in [5.74, 6) is 1.45. The first-order valence-electron chi connectivity index (χ1n) is 11.5. The second kappa shape index (κ2) is 10.6. The van der Waals surface area contributed by atoms with Crippen molar-refractivity contribution < 1.29 is 9.53 Å². The fourth-order valence-electron chi connectivity index (χ4n) is 3.95. The maximum atomic E-state index is 12.7. The number of aromatic nitrogens is 3. The van der Waals surface area contributed by atoms with Gasteiger partial charge < -0.3 is 9.64 Å². The van der Waals surface area contributed by atoms with Gasteiger partial charge in [0.1, 0.15) is 0 Å². The van der Waals surface area contributed by atoms with Crippen LogP contribution >= 0.6 is 23.4 Å². The molecule has 1 saturated heterocycles. The Morgan fingerprint density at radius 2 is 1.69 bits per heavy atom. The lowest BCUT2D eigenvalue weighted by atomic mass is 10.1. The number of aryl methyl sites for hydroxylation is 1. The average molecular weight is 505 g/mol. The molecule has 35 heavy (non-hydrogen) atoms. The van der Waals surface area contributed by atoms with Crippen LogP contribution < -0.4 is 0 Å². The molecule has 1 aliphatic rings. The van der Waals surface area contributed by atoms with E-state index in [1.165, 1.54) is 5.56 Å². The summed E-state index contributed by atoms with van der Waals surface area (Å²) in [5, 5.41) is 10.4. The number of hydrogen-bond acceptors (Lipinski definition) is 5. The van der Waals surface area contributed by atoms with Gasteiger partial charge in [-0.1, -0.05) is 65.3 Å². The number of amides is 1. The molecule has 3 aromatic carbocycles. The smallest absolute Gasteiger partial charge is 0.254 e. The van der Waals surface area contributed by atoms with Gasteiger partial charge in [0.2, 0.25) is 0 Å². The number of benzene rings is 3. The Hall–Kier alpha value is -3.13. The highest BCUT2D eigenvalue weighted by molar-refractivity contribution is 7.98. The number of ether oxygens (including phenoxy) is 1. The van der Waals surface area contributed by atoms with E-state index in [0.717, 1.165) is 22.0 Å². The molecule has 0 radical (unpaired) electrons. The van der Waals surface area contributed by atoms with Crippen LogP contribution in [-0.4, -0.2) is 51.9 Å². The van der Waals surface area contributed by atoms with Crippen molar-refractivity contribution in [3.05, 3.63) is 94.5 Å². The number of morpholine rings is 1. The molecule has 8 heteroatoms. The molecule has 0 N–H and O–H groups in total. The minimum atomic E-state index is 0.0519. The Morgan fingerprint density at radius 1 is 0.971 bits per heavy atom. The van der Waals surface area contributed by atoms with Crippen LogP contribution in [0.25, 0.3) is 17.1 Å². The van der Waals surface area contributed by atoms with Crippen molar-refractivity contribution in [2.75, 3.05) is 26.3 Å². The number of nitrogens with zero attached hydrogens (tertiary/aromatic N) is 4. The number of carbonyl (C=O) groups is 1. The zero-order valence-corrected chi connectivity index (χ0v) is 20.9. The monoisotopic (exact) mass is 504 g/mol. The van der Waals surface area contributed by atoms with Crippen molar-refractivity contribution in [2.45, 2.75) is 17.8 Å². The molecule has 1 aromatic heterocycles. The van der Waals surface area contributed by atoms with Crippen molar-refractivity contribution in [1.82, 2.24) is 19.7 Å². The van der Waals surface area contributed by atoms with Gasteiger partial charge in [0.15, 0.2) is 11.0 Å². The summed E-state index contributed by atoms with van der Waals surface area (Å²) in [7, 11) is 0. The summed E-state index contributed by atoms with van der Waals surface area (Å²) < 4.78 is 7.39. The molecule has 4 aromatic rings. The Labute approximate surface area is 213 Å². The lowest BCUT2D eigenvalue weighted by molar-refractivity contribution is 0.0303. The molecule has 0 saturated carbocycles. The third-order valence-electron chi connectivity index (χ3n) is 5.91. The largest absolute Gasteiger partial charge is 0.378 e. The zero-order valence-electron chi connectivity index (χ0n) is 19.4. The van der Waals surface area contributed by atoms with Crippen LogP contribution in [0.2, 0.25) is 5.02 Å².